The van der Waals surface area contributed by atoms with Crippen LogP contribution in [0.3, 0.4) is 0 Å². The Kier molecular flexibility index (Phi) is 2.92. The number of para-hydroxylation sites is 1. The second kappa shape index (κ2) is 4.36. The van der Waals surface area contributed by atoms with Crippen molar-refractivity contribution in [3.05, 3.63) is 29.3 Å². The maximum atomic E-state index is 5.64. The number of rotatable bonds is 3. The lowest BCUT2D eigenvalue weighted by atomic mass is 10.1. The Morgan fingerprint density at radius 3 is 3.07 bits per heavy atom. The quantitative estimate of drug-likeness (QED) is 0.818. The average Bonchev–Trinajstić information content (AvgIpc) is 2.29. The fourth-order valence-electron chi connectivity index (χ4n) is 1.61. The van der Waals surface area contributed by atoms with Gasteiger partial charge in [0.15, 0.2) is 11.5 Å². The zero-order valence-electron chi connectivity index (χ0n) is 8.82. The van der Waals surface area contributed by atoms with Crippen LogP contribution in [0.4, 0.5) is 0 Å². The topological polar surface area (TPSA) is 44.5 Å². The van der Waals surface area contributed by atoms with Gasteiger partial charge in [-0.2, -0.15) is 0 Å². The first-order chi connectivity index (χ1) is 7.35. The van der Waals surface area contributed by atoms with Gasteiger partial charge >= 0.3 is 0 Å². The molecule has 0 aromatic heterocycles. The minimum absolute atomic E-state index is 0.540. The second-order valence-corrected chi connectivity index (χ2v) is 3.40. The van der Waals surface area contributed by atoms with E-state index in [0.717, 1.165) is 22.6 Å². The molecule has 0 fully saturated rings. The molecule has 80 valence electrons. The lowest BCUT2D eigenvalue weighted by Gasteiger charge is -2.19. The second-order valence-electron chi connectivity index (χ2n) is 3.40. The van der Waals surface area contributed by atoms with Gasteiger partial charge in [0.2, 0.25) is 0 Å². The molecule has 2 rings (SSSR count). The van der Waals surface area contributed by atoms with Gasteiger partial charge in [-0.15, -0.1) is 0 Å². The van der Waals surface area contributed by atoms with Gasteiger partial charge in [-0.3, -0.25) is 0 Å². The van der Waals surface area contributed by atoms with Crippen LogP contribution >= 0.6 is 0 Å². The molecular weight excluding hydrogens is 190 g/mol. The molecule has 0 bridgehead atoms. The van der Waals surface area contributed by atoms with Crippen molar-refractivity contribution in [2.24, 2.45) is 5.73 Å². The van der Waals surface area contributed by atoms with E-state index in [2.05, 4.69) is 6.08 Å². The Morgan fingerprint density at radius 1 is 1.47 bits per heavy atom. The normalized spacial score (nSPS) is 13.9. The van der Waals surface area contributed by atoms with Crippen molar-refractivity contribution < 1.29 is 9.47 Å². The van der Waals surface area contributed by atoms with Gasteiger partial charge in [-0.1, -0.05) is 12.1 Å². The number of hydrogen-bond donors (Lipinski definition) is 1. The molecule has 0 saturated heterocycles. The standard InChI is InChI=1S/C12H15NO2/c1-2-14-11-5-3-4-10-6-9(7-13)8-15-12(10)11/h3-6H,2,7-8,13H2,1H3. The van der Waals surface area contributed by atoms with Crippen LogP contribution in [0.2, 0.25) is 0 Å². The zero-order chi connectivity index (χ0) is 10.7. The van der Waals surface area contributed by atoms with E-state index in [4.69, 9.17) is 15.2 Å². The molecule has 0 atom stereocenters. The van der Waals surface area contributed by atoms with Crippen LogP contribution in [0.25, 0.3) is 6.08 Å². The fraction of sp³-hybridized carbons (Fsp3) is 0.333. The van der Waals surface area contributed by atoms with Crippen molar-refractivity contribution in [1.82, 2.24) is 0 Å². The highest BCUT2D eigenvalue weighted by molar-refractivity contribution is 5.66. The van der Waals surface area contributed by atoms with E-state index in [1.54, 1.807) is 0 Å². The van der Waals surface area contributed by atoms with Gasteiger partial charge < -0.3 is 15.2 Å². The molecule has 1 aromatic carbocycles. The SMILES string of the molecule is CCOc1cccc2c1OCC(CN)=C2. The lowest BCUT2D eigenvalue weighted by molar-refractivity contribution is 0.289. The van der Waals surface area contributed by atoms with Crippen molar-refractivity contribution in [3.63, 3.8) is 0 Å². The van der Waals surface area contributed by atoms with Crippen molar-refractivity contribution in [2.75, 3.05) is 19.8 Å². The maximum absolute atomic E-state index is 5.64. The first-order valence-electron chi connectivity index (χ1n) is 5.13. The lowest BCUT2D eigenvalue weighted by Crippen LogP contribution is -2.15. The third-order valence-corrected chi connectivity index (χ3v) is 2.33. The van der Waals surface area contributed by atoms with Crippen LogP contribution in [0.1, 0.15) is 12.5 Å². The molecule has 2 N–H and O–H groups in total. The molecule has 0 spiro atoms. The van der Waals surface area contributed by atoms with E-state index >= 15 is 0 Å². The number of ether oxygens (including phenoxy) is 2. The predicted octanol–water partition coefficient (Wildman–Crippen LogP) is 1.82. The molecule has 3 heteroatoms. The summed E-state index contributed by atoms with van der Waals surface area (Å²) in [5, 5.41) is 0. The van der Waals surface area contributed by atoms with Crippen LogP contribution in [0.5, 0.6) is 11.5 Å². The van der Waals surface area contributed by atoms with E-state index in [-0.39, 0.29) is 0 Å². The molecule has 1 aromatic rings. The van der Waals surface area contributed by atoms with E-state index in [1.165, 1.54) is 0 Å². The summed E-state index contributed by atoms with van der Waals surface area (Å²) in [7, 11) is 0. The Balaban J connectivity index is 2.37. The molecule has 0 aliphatic carbocycles. The number of fused-ring (bicyclic) bond motifs is 1. The number of benzene rings is 1. The van der Waals surface area contributed by atoms with Gasteiger partial charge in [-0.25, -0.2) is 0 Å². The first-order valence-corrected chi connectivity index (χ1v) is 5.13. The van der Waals surface area contributed by atoms with E-state index < -0.39 is 0 Å². The molecule has 1 aliphatic rings. The van der Waals surface area contributed by atoms with Crippen molar-refractivity contribution in [2.45, 2.75) is 6.92 Å². The minimum atomic E-state index is 0.540. The summed E-state index contributed by atoms with van der Waals surface area (Å²) in [4.78, 5) is 0. The van der Waals surface area contributed by atoms with Crippen LogP contribution in [-0.2, 0) is 0 Å². The van der Waals surface area contributed by atoms with Gasteiger partial charge in [0.25, 0.3) is 0 Å². The van der Waals surface area contributed by atoms with Crippen LogP contribution in [-0.4, -0.2) is 19.8 Å². The van der Waals surface area contributed by atoms with Gasteiger partial charge in [0, 0.05) is 12.1 Å². The molecule has 0 unspecified atom stereocenters. The Hall–Kier alpha value is -1.48. The van der Waals surface area contributed by atoms with E-state index in [1.807, 2.05) is 25.1 Å². The van der Waals surface area contributed by atoms with Crippen molar-refractivity contribution in [1.29, 1.82) is 0 Å². The number of hydrogen-bond acceptors (Lipinski definition) is 3. The first kappa shape index (κ1) is 10.1. The van der Waals surface area contributed by atoms with Gasteiger partial charge in [0.1, 0.15) is 6.61 Å². The van der Waals surface area contributed by atoms with Crippen molar-refractivity contribution in [3.8, 4) is 11.5 Å². The molecule has 0 saturated carbocycles. The fourth-order valence-corrected chi connectivity index (χ4v) is 1.61. The van der Waals surface area contributed by atoms with E-state index in [0.29, 0.717) is 19.8 Å². The van der Waals surface area contributed by atoms with Crippen LogP contribution in [0, 0.1) is 0 Å². The average molecular weight is 205 g/mol. The molecule has 15 heavy (non-hydrogen) atoms. The monoisotopic (exact) mass is 205 g/mol. The summed E-state index contributed by atoms with van der Waals surface area (Å²) in [6, 6.07) is 5.89. The summed E-state index contributed by atoms with van der Waals surface area (Å²) in [6.45, 7) is 3.71. The third kappa shape index (κ3) is 1.97. The largest absolute Gasteiger partial charge is 0.490 e. The summed E-state index contributed by atoms with van der Waals surface area (Å²) in [5.74, 6) is 1.64. The summed E-state index contributed by atoms with van der Waals surface area (Å²) in [6.07, 6.45) is 2.07. The Bertz CT molecular complexity index is 385. The Labute approximate surface area is 89.5 Å². The van der Waals surface area contributed by atoms with Gasteiger partial charge in [-0.05, 0) is 24.6 Å². The molecule has 1 aliphatic heterocycles. The predicted molar refractivity (Wildman–Crippen MR) is 60.1 cm³/mol. The van der Waals surface area contributed by atoms with Crippen LogP contribution < -0.4 is 15.2 Å². The van der Waals surface area contributed by atoms with Gasteiger partial charge in [0.05, 0.1) is 6.61 Å². The highest BCUT2D eigenvalue weighted by atomic mass is 16.5. The molecule has 0 amide bonds. The molecule has 1 heterocycles. The molecular formula is C12H15NO2. The number of nitrogens with two attached hydrogens (primary N) is 1. The summed E-state index contributed by atoms with van der Waals surface area (Å²) < 4.78 is 11.1. The summed E-state index contributed by atoms with van der Waals surface area (Å²) >= 11 is 0. The minimum Gasteiger partial charge on any atom is -0.490 e. The van der Waals surface area contributed by atoms with E-state index in [9.17, 15) is 0 Å². The Morgan fingerprint density at radius 2 is 2.33 bits per heavy atom. The highest BCUT2D eigenvalue weighted by Crippen LogP contribution is 2.35. The highest BCUT2D eigenvalue weighted by Gasteiger charge is 2.14. The van der Waals surface area contributed by atoms with Crippen molar-refractivity contribution >= 4 is 6.08 Å². The molecule has 0 radical (unpaired) electrons. The van der Waals surface area contributed by atoms with Crippen LogP contribution in [0.15, 0.2) is 23.8 Å². The summed E-state index contributed by atoms with van der Waals surface area (Å²) in [5.41, 5.74) is 7.73. The smallest absolute Gasteiger partial charge is 0.168 e. The third-order valence-electron chi connectivity index (χ3n) is 2.33. The molecule has 3 nitrogen and oxygen atoms in total. The zero-order valence-corrected chi connectivity index (χ0v) is 8.82. The maximum Gasteiger partial charge on any atom is 0.168 e.